The Labute approximate surface area is 149 Å². The van der Waals surface area contributed by atoms with E-state index in [-0.39, 0.29) is 24.5 Å². The summed E-state index contributed by atoms with van der Waals surface area (Å²) in [6, 6.07) is 3.44. The summed E-state index contributed by atoms with van der Waals surface area (Å²) < 4.78 is 62.4. The van der Waals surface area contributed by atoms with Gasteiger partial charge in [0.25, 0.3) is 0 Å². The summed E-state index contributed by atoms with van der Waals surface area (Å²) in [5.74, 6) is -2.80. The number of ether oxygens (including phenoxy) is 2. The van der Waals surface area contributed by atoms with Crippen molar-refractivity contribution in [2.45, 2.75) is 6.18 Å². The van der Waals surface area contributed by atoms with Crippen LogP contribution in [0.25, 0.3) is 11.3 Å². The first-order chi connectivity index (χ1) is 12.6. The third-order valence-electron chi connectivity index (χ3n) is 3.51. The second kappa shape index (κ2) is 7.66. The first-order valence-electron chi connectivity index (χ1n) is 7.40. The van der Waals surface area contributed by atoms with E-state index in [4.69, 9.17) is 20.6 Å². The number of aromatic hydroxyl groups is 1. The molecule has 0 atom stereocenters. The third-order valence-corrected chi connectivity index (χ3v) is 3.51. The number of halogens is 4. The number of rotatable bonds is 6. The number of hydrogen-bond acceptors (Lipinski definition) is 6. The zero-order chi connectivity index (χ0) is 20.4. The number of nitrogen functional groups attached to an aromatic ring is 1. The molecule has 2 rings (SSSR count). The molecule has 0 spiro atoms. The molecule has 27 heavy (non-hydrogen) atoms. The predicted molar refractivity (Wildman–Crippen MR) is 88.8 cm³/mol. The molecule has 0 aliphatic carbocycles. The van der Waals surface area contributed by atoms with Gasteiger partial charge < -0.3 is 25.3 Å². The summed E-state index contributed by atoms with van der Waals surface area (Å²) in [5, 5.41) is 17.0. The fourth-order valence-electron chi connectivity index (χ4n) is 2.23. The number of pyridine rings is 1. The Morgan fingerprint density at radius 2 is 2.00 bits per heavy atom. The van der Waals surface area contributed by atoms with Crippen LogP contribution in [0.5, 0.6) is 11.5 Å². The second-order valence-corrected chi connectivity index (χ2v) is 5.32. The van der Waals surface area contributed by atoms with Gasteiger partial charge in [0.05, 0.1) is 17.9 Å². The molecule has 0 bridgehead atoms. The number of aromatic nitrogens is 1. The third kappa shape index (κ3) is 4.19. The number of hydrogen-bond donors (Lipinski definition) is 4. The largest absolute Gasteiger partial charge is 0.503 e. The molecule has 1 heterocycles. The number of methoxy groups -OCH3 is 1. The van der Waals surface area contributed by atoms with Gasteiger partial charge in [0, 0.05) is 18.7 Å². The zero-order valence-corrected chi connectivity index (χ0v) is 13.9. The summed E-state index contributed by atoms with van der Waals surface area (Å²) in [6.07, 6.45) is -5.15. The van der Waals surface area contributed by atoms with Gasteiger partial charge in [-0.15, -0.1) is 0 Å². The number of alkyl halides is 3. The lowest BCUT2D eigenvalue weighted by atomic mass is 10.0. The Hall–Kier alpha value is -3.08. The highest BCUT2D eigenvalue weighted by molar-refractivity contribution is 6.06. The minimum Gasteiger partial charge on any atom is -0.503 e. The average molecular weight is 389 g/mol. The van der Waals surface area contributed by atoms with Crippen LogP contribution in [0.2, 0.25) is 0 Å². The molecule has 0 aliphatic rings. The van der Waals surface area contributed by atoms with Gasteiger partial charge in [0.15, 0.2) is 11.5 Å². The van der Waals surface area contributed by atoms with Crippen molar-refractivity contribution < 1.29 is 32.1 Å². The predicted octanol–water partition coefficient (Wildman–Crippen LogP) is 2.42. The van der Waals surface area contributed by atoms with E-state index in [1.165, 1.54) is 13.2 Å². The van der Waals surface area contributed by atoms with Crippen LogP contribution < -0.4 is 15.9 Å². The minimum absolute atomic E-state index is 0.138. The molecule has 1 aromatic carbocycles. The van der Waals surface area contributed by atoms with Crippen molar-refractivity contribution in [3.63, 3.8) is 0 Å². The normalized spacial score (nSPS) is 11.4. The molecule has 0 aliphatic heterocycles. The van der Waals surface area contributed by atoms with Gasteiger partial charge >= 0.3 is 6.18 Å². The van der Waals surface area contributed by atoms with Gasteiger partial charge in [-0.05, 0) is 12.1 Å². The van der Waals surface area contributed by atoms with Crippen LogP contribution in [-0.4, -0.2) is 42.3 Å². The lowest BCUT2D eigenvalue weighted by Crippen LogP contribution is -2.30. The maximum absolute atomic E-state index is 14.3. The van der Waals surface area contributed by atoms with Crippen molar-refractivity contribution in [2.24, 2.45) is 0 Å². The van der Waals surface area contributed by atoms with E-state index in [1.807, 2.05) is 0 Å². The van der Waals surface area contributed by atoms with Crippen molar-refractivity contribution in [1.82, 2.24) is 4.98 Å². The fraction of sp³-hybridized carbons (Fsp3) is 0.250. The smallest absolute Gasteiger partial charge is 0.433 e. The molecule has 2 aromatic rings. The molecular formula is C16H15F4N3O4. The Bertz CT molecular complexity index is 925. The Morgan fingerprint density at radius 3 is 2.56 bits per heavy atom. The molecule has 5 N–H and O–H groups in total. The van der Waals surface area contributed by atoms with Gasteiger partial charge in [0.2, 0.25) is 5.43 Å². The van der Waals surface area contributed by atoms with Crippen molar-refractivity contribution in [3.8, 4) is 22.8 Å². The van der Waals surface area contributed by atoms with Gasteiger partial charge in [0.1, 0.15) is 24.0 Å². The first kappa shape index (κ1) is 20.2. The first-order valence-corrected chi connectivity index (χ1v) is 7.40. The summed E-state index contributed by atoms with van der Waals surface area (Å²) in [4.78, 5) is 14.2. The summed E-state index contributed by atoms with van der Waals surface area (Å²) in [5.41, 5.74) is -0.225. The number of aromatic amines is 1. The molecule has 0 saturated carbocycles. The van der Waals surface area contributed by atoms with Gasteiger partial charge in [-0.3, -0.25) is 10.2 Å². The van der Waals surface area contributed by atoms with E-state index < -0.39 is 46.0 Å². The molecular weight excluding hydrogens is 374 g/mol. The Kier molecular flexibility index (Phi) is 5.74. The molecule has 0 unspecified atom stereocenters. The van der Waals surface area contributed by atoms with Crippen LogP contribution >= 0.6 is 0 Å². The monoisotopic (exact) mass is 389 g/mol. The fourth-order valence-corrected chi connectivity index (χ4v) is 2.23. The molecule has 0 fully saturated rings. The highest BCUT2D eigenvalue weighted by Crippen LogP contribution is 2.32. The quantitative estimate of drug-likeness (QED) is 0.343. The topological polar surface area (TPSA) is 121 Å². The number of nitrogens with two attached hydrogens (primary N) is 1. The van der Waals surface area contributed by atoms with E-state index in [0.29, 0.717) is 0 Å². The van der Waals surface area contributed by atoms with Crippen molar-refractivity contribution in [3.05, 3.63) is 39.8 Å². The summed E-state index contributed by atoms with van der Waals surface area (Å²) in [7, 11) is 1.46. The molecule has 7 nitrogen and oxygen atoms in total. The molecule has 0 saturated heterocycles. The second-order valence-electron chi connectivity index (χ2n) is 5.32. The number of benzene rings is 1. The van der Waals surface area contributed by atoms with Crippen LogP contribution in [-0.2, 0) is 4.74 Å². The average Bonchev–Trinajstić information content (AvgIpc) is 2.58. The summed E-state index contributed by atoms with van der Waals surface area (Å²) in [6.45, 7) is 0.416. The molecule has 0 amide bonds. The van der Waals surface area contributed by atoms with Crippen LogP contribution in [0.1, 0.15) is 5.56 Å². The van der Waals surface area contributed by atoms with E-state index in [2.05, 4.69) is 4.98 Å². The van der Waals surface area contributed by atoms with Crippen LogP contribution in [0.15, 0.2) is 23.0 Å². The van der Waals surface area contributed by atoms with Gasteiger partial charge in [-0.25, -0.2) is 4.39 Å². The maximum atomic E-state index is 14.3. The highest BCUT2D eigenvalue weighted by Gasteiger charge is 2.39. The number of nitrogens with one attached hydrogen (secondary N) is 2. The number of anilines is 1. The van der Waals surface area contributed by atoms with Crippen molar-refractivity contribution in [2.75, 3.05) is 26.1 Å². The van der Waals surface area contributed by atoms with E-state index >= 15 is 0 Å². The van der Waals surface area contributed by atoms with Crippen molar-refractivity contribution >= 4 is 11.5 Å². The molecule has 146 valence electrons. The lowest BCUT2D eigenvalue weighted by molar-refractivity contribution is -0.0588. The Balaban J connectivity index is 2.49. The molecule has 0 radical (unpaired) electrons. The van der Waals surface area contributed by atoms with E-state index in [9.17, 15) is 27.5 Å². The standard InChI is InChI=1S/C16H15F4N3O4/c1-26-4-5-27-7-2-3-8(9(17)6-7)11-13(25)12(24)10(15(22)23-11)14(21)16(18,19)20/h2-3,6,21,25H,4-5H2,1H3,(H3,22,23,24). The minimum atomic E-state index is -5.15. The van der Waals surface area contributed by atoms with Crippen LogP contribution in [0.3, 0.4) is 0 Å². The maximum Gasteiger partial charge on any atom is 0.433 e. The molecule has 1 aromatic heterocycles. The van der Waals surface area contributed by atoms with Crippen LogP contribution in [0.4, 0.5) is 23.4 Å². The highest BCUT2D eigenvalue weighted by atomic mass is 19.4. The van der Waals surface area contributed by atoms with Crippen LogP contribution in [0, 0.1) is 11.2 Å². The van der Waals surface area contributed by atoms with Gasteiger partial charge in [-0.2, -0.15) is 13.2 Å². The van der Waals surface area contributed by atoms with Crippen molar-refractivity contribution in [1.29, 1.82) is 5.41 Å². The number of H-pyrrole nitrogens is 1. The lowest BCUT2D eigenvalue weighted by Gasteiger charge is -2.14. The SMILES string of the molecule is COCCOc1ccc(-c2[nH]c(N)c(C(=N)C(F)(F)F)c(=O)c2O)c(F)c1. The zero-order valence-electron chi connectivity index (χ0n) is 13.9. The molecule has 11 heteroatoms. The van der Waals surface area contributed by atoms with Gasteiger partial charge in [-0.1, -0.05) is 0 Å². The van der Waals surface area contributed by atoms with E-state index in [1.54, 1.807) is 0 Å². The Morgan fingerprint density at radius 1 is 1.33 bits per heavy atom. The summed E-state index contributed by atoms with van der Waals surface area (Å²) >= 11 is 0. The van der Waals surface area contributed by atoms with E-state index in [0.717, 1.165) is 12.1 Å².